The fraction of sp³-hybridized carbons (Fsp3) is 0.400. The Kier molecular flexibility index (Phi) is 4.66. The molecule has 0 saturated carbocycles. The van der Waals surface area contributed by atoms with Crippen molar-refractivity contribution in [2.24, 2.45) is 5.41 Å². The van der Waals surface area contributed by atoms with E-state index in [1.165, 1.54) is 6.26 Å². The van der Waals surface area contributed by atoms with E-state index in [0.29, 0.717) is 24.4 Å². The first-order valence-electron chi connectivity index (χ1n) is 8.62. The molecule has 2 aromatic rings. The van der Waals surface area contributed by atoms with Crippen molar-refractivity contribution in [2.45, 2.75) is 40.0 Å². The Morgan fingerprint density at radius 2 is 2.04 bits per heavy atom. The molecule has 1 aromatic heterocycles. The first kappa shape index (κ1) is 17.3. The van der Waals surface area contributed by atoms with E-state index in [4.69, 9.17) is 4.42 Å². The molecule has 1 aromatic carbocycles. The van der Waals surface area contributed by atoms with Gasteiger partial charge in [0.2, 0.25) is 5.91 Å². The number of hydrogen-bond donors (Lipinski definition) is 1. The van der Waals surface area contributed by atoms with Gasteiger partial charge in [-0.15, -0.1) is 0 Å². The Balaban J connectivity index is 1.83. The predicted molar refractivity (Wildman–Crippen MR) is 97.8 cm³/mol. The van der Waals surface area contributed by atoms with Crippen molar-refractivity contribution in [2.75, 3.05) is 16.8 Å². The Hall–Kier alpha value is -2.56. The quantitative estimate of drug-likeness (QED) is 0.908. The van der Waals surface area contributed by atoms with E-state index in [-0.39, 0.29) is 17.2 Å². The molecule has 0 aliphatic carbocycles. The number of nitrogens with one attached hydrogen (secondary N) is 1. The zero-order valence-electron chi connectivity index (χ0n) is 15.0. The van der Waals surface area contributed by atoms with Gasteiger partial charge in [0.05, 0.1) is 6.26 Å². The molecule has 0 spiro atoms. The van der Waals surface area contributed by atoms with E-state index < -0.39 is 0 Å². The van der Waals surface area contributed by atoms with E-state index in [2.05, 4.69) is 5.32 Å². The molecule has 2 amide bonds. The van der Waals surface area contributed by atoms with Crippen LogP contribution in [0.4, 0.5) is 11.4 Å². The molecular weight excluding hydrogens is 316 g/mol. The van der Waals surface area contributed by atoms with E-state index in [1.54, 1.807) is 17.0 Å². The first-order valence-corrected chi connectivity index (χ1v) is 8.62. The van der Waals surface area contributed by atoms with Crippen LogP contribution in [0, 0.1) is 5.41 Å². The molecule has 0 radical (unpaired) electrons. The lowest BCUT2D eigenvalue weighted by molar-refractivity contribution is -0.117. The summed E-state index contributed by atoms with van der Waals surface area (Å²) in [5.74, 6) is 0.159. The van der Waals surface area contributed by atoms with Crippen molar-refractivity contribution < 1.29 is 14.0 Å². The van der Waals surface area contributed by atoms with Crippen LogP contribution in [0.5, 0.6) is 0 Å². The number of anilines is 2. The second-order valence-corrected chi connectivity index (χ2v) is 7.67. The van der Waals surface area contributed by atoms with Crippen LogP contribution in [-0.4, -0.2) is 18.4 Å². The van der Waals surface area contributed by atoms with Gasteiger partial charge in [-0.3, -0.25) is 9.59 Å². The Morgan fingerprint density at radius 1 is 1.24 bits per heavy atom. The number of furan rings is 1. The highest BCUT2D eigenvalue weighted by molar-refractivity contribution is 6.05. The van der Waals surface area contributed by atoms with Crippen LogP contribution in [0.1, 0.15) is 49.7 Å². The molecule has 1 aliphatic rings. The van der Waals surface area contributed by atoms with Gasteiger partial charge in [0, 0.05) is 24.3 Å². The van der Waals surface area contributed by atoms with Gasteiger partial charge < -0.3 is 14.6 Å². The van der Waals surface area contributed by atoms with Crippen LogP contribution in [0.2, 0.25) is 0 Å². The van der Waals surface area contributed by atoms with Crippen LogP contribution in [0.15, 0.2) is 41.0 Å². The van der Waals surface area contributed by atoms with Crippen molar-refractivity contribution in [3.63, 3.8) is 0 Å². The summed E-state index contributed by atoms with van der Waals surface area (Å²) >= 11 is 0. The van der Waals surface area contributed by atoms with Gasteiger partial charge in [0.25, 0.3) is 5.91 Å². The maximum absolute atomic E-state index is 12.7. The van der Waals surface area contributed by atoms with Gasteiger partial charge in [-0.1, -0.05) is 26.8 Å². The number of fused-ring (bicyclic) bond motifs is 1. The summed E-state index contributed by atoms with van der Waals surface area (Å²) in [7, 11) is 0. The number of nitrogens with zero attached hydrogens (tertiary/aromatic N) is 1. The third-order valence-electron chi connectivity index (χ3n) is 4.16. The minimum Gasteiger partial charge on any atom is -0.459 e. The maximum Gasteiger partial charge on any atom is 0.293 e. The molecule has 2 heterocycles. The largest absolute Gasteiger partial charge is 0.459 e. The topological polar surface area (TPSA) is 62.6 Å². The third-order valence-corrected chi connectivity index (χ3v) is 4.16. The number of rotatable bonds is 3. The smallest absolute Gasteiger partial charge is 0.293 e. The number of aryl methyl sites for hydroxylation is 1. The highest BCUT2D eigenvalue weighted by Gasteiger charge is 2.26. The number of amides is 2. The summed E-state index contributed by atoms with van der Waals surface area (Å²) in [5.41, 5.74) is 2.60. The standard InChI is InChI=1S/C20H24N2O3/c1-20(2,3)13-18(23)21-15-9-8-14-6-4-10-22(16(14)12-15)19(24)17-7-5-11-25-17/h5,7-9,11-12H,4,6,10,13H2,1-3H3,(H,21,23). The third kappa shape index (κ3) is 4.10. The molecule has 5 nitrogen and oxygen atoms in total. The fourth-order valence-electron chi connectivity index (χ4n) is 3.08. The Morgan fingerprint density at radius 3 is 2.72 bits per heavy atom. The normalized spacial score (nSPS) is 14.1. The van der Waals surface area contributed by atoms with Crippen LogP contribution >= 0.6 is 0 Å². The number of carbonyl (C=O) groups is 2. The van der Waals surface area contributed by atoms with Gasteiger partial charge in [-0.2, -0.15) is 0 Å². The van der Waals surface area contributed by atoms with E-state index in [0.717, 1.165) is 24.1 Å². The maximum atomic E-state index is 12.7. The first-order chi connectivity index (χ1) is 11.8. The van der Waals surface area contributed by atoms with Crippen LogP contribution in [-0.2, 0) is 11.2 Å². The van der Waals surface area contributed by atoms with Crippen molar-refractivity contribution in [3.05, 3.63) is 47.9 Å². The SMILES string of the molecule is CC(C)(C)CC(=O)Nc1ccc2c(c1)N(C(=O)c1ccco1)CCC2. The zero-order valence-corrected chi connectivity index (χ0v) is 15.0. The molecule has 0 saturated heterocycles. The molecule has 132 valence electrons. The van der Waals surface area contributed by atoms with Crippen LogP contribution in [0.25, 0.3) is 0 Å². The van der Waals surface area contributed by atoms with Crippen molar-refractivity contribution in [1.82, 2.24) is 0 Å². The monoisotopic (exact) mass is 340 g/mol. The van der Waals surface area contributed by atoms with Gasteiger partial charge >= 0.3 is 0 Å². The molecule has 3 rings (SSSR count). The van der Waals surface area contributed by atoms with Crippen LogP contribution in [0.3, 0.4) is 0 Å². The van der Waals surface area contributed by atoms with Gasteiger partial charge in [-0.25, -0.2) is 0 Å². The highest BCUT2D eigenvalue weighted by Crippen LogP contribution is 2.31. The summed E-state index contributed by atoms with van der Waals surface area (Å²) in [4.78, 5) is 26.6. The molecule has 0 atom stereocenters. The summed E-state index contributed by atoms with van der Waals surface area (Å²) in [6, 6.07) is 9.16. The lowest BCUT2D eigenvalue weighted by Gasteiger charge is -2.29. The van der Waals surface area contributed by atoms with E-state index >= 15 is 0 Å². The molecule has 1 N–H and O–H groups in total. The number of benzene rings is 1. The fourth-order valence-corrected chi connectivity index (χ4v) is 3.08. The average Bonchev–Trinajstić information content (AvgIpc) is 3.06. The number of hydrogen-bond acceptors (Lipinski definition) is 3. The minimum absolute atomic E-state index is 0.0211. The Bertz CT molecular complexity index is 773. The van der Waals surface area contributed by atoms with Crippen molar-refractivity contribution in [3.8, 4) is 0 Å². The molecule has 0 bridgehead atoms. The predicted octanol–water partition coefficient (Wildman–Crippen LogP) is 4.25. The summed E-state index contributed by atoms with van der Waals surface area (Å²) < 4.78 is 5.25. The average molecular weight is 340 g/mol. The van der Waals surface area contributed by atoms with Crippen molar-refractivity contribution in [1.29, 1.82) is 0 Å². The molecular formula is C20H24N2O3. The Labute approximate surface area is 148 Å². The lowest BCUT2D eigenvalue weighted by atomic mass is 9.92. The molecule has 25 heavy (non-hydrogen) atoms. The zero-order chi connectivity index (χ0) is 18.0. The second-order valence-electron chi connectivity index (χ2n) is 7.67. The van der Waals surface area contributed by atoms with Crippen LogP contribution < -0.4 is 10.2 Å². The molecule has 5 heteroatoms. The molecule has 0 fully saturated rings. The van der Waals surface area contributed by atoms with E-state index in [1.807, 2.05) is 39.0 Å². The summed E-state index contributed by atoms with van der Waals surface area (Å²) in [5, 5.41) is 2.94. The number of carbonyl (C=O) groups excluding carboxylic acids is 2. The summed E-state index contributed by atoms with van der Waals surface area (Å²) in [6.07, 6.45) is 3.78. The molecule has 0 unspecified atom stereocenters. The summed E-state index contributed by atoms with van der Waals surface area (Å²) in [6.45, 7) is 6.74. The molecule has 1 aliphatic heterocycles. The second kappa shape index (κ2) is 6.75. The minimum atomic E-state index is -0.149. The lowest BCUT2D eigenvalue weighted by Crippen LogP contribution is -2.35. The van der Waals surface area contributed by atoms with Gasteiger partial charge in [0.1, 0.15) is 0 Å². The van der Waals surface area contributed by atoms with Gasteiger partial charge in [0.15, 0.2) is 5.76 Å². The van der Waals surface area contributed by atoms with E-state index in [9.17, 15) is 9.59 Å². The van der Waals surface area contributed by atoms with Crippen molar-refractivity contribution >= 4 is 23.2 Å². The highest BCUT2D eigenvalue weighted by atomic mass is 16.3. The van der Waals surface area contributed by atoms with Gasteiger partial charge in [-0.05, 0) is 48.1 Å².